The molecule has 2 rings (SSSR count). The number of carbonyl (C=O) groups is 1. The average molecular weight is 512 g/mol. The molecule has 0 radical (unpaired) electrons. The maximum absolute atomic E-state index is 12.3. The number of rotatable bonds is 6. The quantitative estimate of drug-likeness (QED) is 0.361. The molecule has 10 heteroatoms. The van der Waals surface area contributed by atoms with Crippen molar-refractivity contribution in [1.29, 1.82) is 0 Å². The zero-order valence-electron chi connectivity index (χ0n) is 16.1. The van der Waals surface area contributed by atoms with Crippen LogP contribution >= 0.6 is 24.0 Å². The lowest BCUT2D eigenvalue weighted by Crippen LogP contribution is -2.53. The molecule has 0 unspecified atom stereocenters. The van der Waals surface area contributed by atoms with E-state index in [1.807, 2.05) is 6.07 Å². The summed E-state index contributed by atoms with van der Waals surface area (Å²) in [5, 5.41) is 3.25. The van der Waals surface area contributed by atoms with Crippen LogP contribution in [-0.2, 0) is 11.3 Å². The zero-order valence-corrected chi connectivity index (χ0v) is 18.4. The monoisotopic (exact) mass is 512 g/mol. The fraction of sp³-hybridized carbons (Fsp3) is 0.556. The highest BCUT2D eigenvalue weighted by molar-refractivity contribution is 14.0. The summed E-state index contributed by atoms with van der Waals surface area (Å²) in [5.41, 5.74) is 0.896. The molecule has 1 amide bonds. The minimum Gasteiger partial charge on any atom is -0.488 e. The fourth-order valence-corrected chi connectivity index (χ4v) is 2.73. The summed E-state index contributed by atoms with van der Waals surface area (Å²) in [4.78, 5) is 19.8. The van der Waals surface area contributed by atoms with Crippen LogP contribution < -0.4 is 10.1 Å². The fourth-order valence-electron chi connectivity index (χ4n) is 2.73. The Bertz CT molecular complexity index is 641. The Balaban J connectivity index is 0.00000392. The number of hydrogen-bond acceptors (Lipinski definition) is 4. The SMILES string of the molecule is CCOC(=O)N1CCN(C(=NC)NCc2cccc(OCC(F)F)c2)CC1.I. The molecular formula is C18H27F2IN4O3. The molecule has 0 aliphatic carbocycles. The molecule has 7 nitrogen and oxygen atoms in total. The van der Waals surface area contributed by atoms with Crippen LogP contribution in [0.4, 0.5) is 13.6 Å². The van der Waals surface area contributed by atoms with E-state index in [1.165, 1.54) is 0 Å². The summed E-state index contributed by atoms with van der Waals surface area (Å²) < 4.78 is 34.6. The second-order valence-electron chi connectivity index (χ2n) is 5.92. The van der Waals surface area contributed by atoms with Gasteiger partial charge in [0.05, 0.1) is 6.61 Å². The van der Waals surface area contributed by atoms with Gasteiger partial charge in [-0.25, -0.2) is 13.6 Å². The van der Waals surface area contributed by atoms with Gasteiger partial charge in [-0.3, -0.25) is 4.99 Å². The van der Waals surface area contributed by atoms with Crippen LogP contribution in [0.15, 0.2) is 29.3 Å². The third-order valence-corrected chi connectivity index (χ3v) is 4.04. The molecule has 1 heterocycles. The number of piperazine rings is 1. The summed E-state index contributed by atoms with van der Waals surface area (Å²) in [5.74, 6) is 1.13. The molecular weight excluding hydrogens is 485 g/mol. The second kappa shape index (κ2) is 12.6. The van der Waals surface area contributed by atoms with E-state index in [0.29, 0.717) is 45.1 Å². The molecule has 1 saturated heterocycles. The third kappa shape index (κ3) is 7.64. The molecule has 0 aromatic heterocycles. The van der Waals surface area contributed by atoms with Crippen molar-refractivity contribution in [3.63, 3.8) is 0 Å². The minimum absolute atomic E-state index is 0. The number of nitrogens with zero attached hydrogens (tertiary/aromatic N) is 3. The largest absolute Gasteiger partial charge is 0.488 e. The molecule has 28 heavy (non-hydrogen) atoms. The van der Waals surface area contributed by atoms with Gasteiger partial charge in [-0.1, -0.05) is 12.1 Å². The van der Waals surface area contributed by atoms with Gasteiger partial charge in [-0.05, 0) is 24.6 Å². The molecule has 1 aliphatic rings. The van der Waals surface area contributed by atoms with Crippen LogP contribution in [0.2, 0.25) is 0 Å². The van der Waals surface area contributed by atoms with Gasteiger partial charge in [0.15, 0.2) is 5.96 Å². The lowest BCUT2D eigenvalue weighted by atomic mass is 10.2. The number of hydrogen-bond donors (Lipinski definition) is 1. The zero-order chi connectivity index (χ0) is 19.6. The maximum atomic E-state index is 12.3. The highest BCUT2D eigenvalue weighted by atomic mass is 127. The van der Waals surface area contributed by atoms with E-state index >= 15 is 0 Å². The van der Waals surface area contributed by atoms with Crippen molar-refractivity contribution in [3.8, 4) is 5.75 Å². The summed E-state index contributed by atoms with van der Waals surface area (Å²) in [7, 11) is 1.70. The Kier molecular flexibility index (Phi) is 10.9. The predicted molar refractivity (Wildman–Crippen MR) is 114 cm³/mol. The Morgan fingerprint density at radius 1 is 1.25 bits per heavy atom. The van der Waals surface area contributed by atoms with Gasteiger partial charge in [0.2, 0.25) is 0 Å². The van der Waals surface area contributed by atoms with E-state index in [1.54, 1.807) is 37.1 Å². The Hall–Kier alpha value is -1.85. The highest BCUT2D eigenvalue weighted by Gasteiger charge is 2.23. The molecule has 1 N–H and O–H groups in total. The normalized spacial score (nSPS) is 14.5. The molecule has 158 valence electrons. The van der Waals surface area contributed by atoms with Crippen LogP contribution in [0.25, 0.3) is 0 Å². The molecule has 0 atom stereocenters. The van der Waals surface area contributed by atoms with E-state index in [4.69, 9.17) is 9.47 Å². The number of alkyl halides is 2. The van der Waals surface area contributed by atoms with Gasteiger partial charge in [-0.15, -0.1) is 24.0 Å². The Morgan fingerprint density at radius 2 is 1.93 bits per heavy atom. The van der Waals surface area contributed by atoms with Gasteiger partial charge >= 0.3 is 6.09 Å². The molecule has 1 aliphatic heterocycles. The van der Waals surface area contributed by atoms with Crippen molar-refractivity contribution < 1.29 is 23.0 Å². The summed E-state index contributed by atoms with van der Waals surface area (Å²) in [6, 6.07) is 7.02. The van der Waals surface area contributed by atoms with E-state index in [0.717, 1.165) is 11.5 Å². The van der Waals surface area contributed by atoms with Crippen molar-refractivity contribution in [1.82, 2.24) is 15.1 Å². The van der Waals surface area contributed by atoms with Crippen LogP contribution in [0.1, 0.15) is 12.5 Å². The van der Waals surface area contributed by atoms with E-state index in [-0.39, 0.29) is 30.1 Å². The standard InChI is InChI=1S/C18H26F2N4O3.HI/c1-3-26-18(25)24-9-7-23(8-10-24)17(21-2)22-12-14-5-4-6-15(11-14)27-13-16(19)20;/h4-6,11,16H,3,7-10,12-13H2,1-2H3,(H,21,22);1H. The van der Waals surface area contributed by atoms with E-state index in [9.17, 15) is 13.6 Å². The second-order valence-corrected chi connectivity index (χ2v) is 5.92. The Labute approximate surface area is 181 Å². The van der Waals surface area contributed by atoms with E-state index in [2.05, 4.69) is 15.2 Å². The minimum atomic E-state index is -2.50. The van der Waals surface area contributed by atoms with Crippen molar-refractivity contribution >= 4 is 36.0 Å². The van der Waals surface area contributed by atoms with Crippen molar-refractivity contribution in [3.05, 3.63) is 29.8 Å². The van der Waals surface area contributed by atoms with Crippen LogP contribution in [0.3, 0.4) is 0 Å². The summed E-state index contributed by atoms with van der Waals surface area (Å²) >= 11 is 0. The average Bonchev–Trinajstić information content (AvgIpc) is 2.68. The van der Waals surface area contributed by atoms with Crippen LogP contribution in [0, 0.1) is 0 Å². The highest BCUT2D eigenvalue weighted by Crippen LogP contribution is 2.14. The number of guanidine groups is 1. The summed E-state index contributed by atoms with van der Waals surface area (Å²) in [6.45, 7) is 4.44. The summed E-state index contributed by atoms with van der Waals surface area (Å²) in [6.07, 6.45) is -2.79. The van der Waals surface area contributed by atoms with Crippen LogP contribution in [0.5, 0.6) is 5.75 Å². The van der Waals surface area contributed by atoms with E-state index < -0.39 is 13.0 Å². The lowest BCUT2D eigenvalue weighted by molar-refractivity contribution is 0.0818. The lowest BCUT2D eigenvalue weighted by Gasteiger charge is -2.35. The van der Waals surface area contributed by atoms with Gasteiger partial charge in [0.1, 0.15) is 12.4 Å². The number of aliphatic imine (C=N–C) groups is 1. The van der Waals surface area contributed by atoms with Crippen molar-refractivity contribution in [2.75, 3.05) is 46.4 Å². The molecule has 0 spiro atoms. The first-order chi connectivity index (χ1) is 13.0. The molecule has 1 aromatic rings. The third-order valence-electron chi connectivity index (χ3n) is 4.04. The van der Waals surface area contributed by atoms with Gasteiger partial charge in [0.25, 0.3) is 6.43 Å². The number of nitrogens with one attached hydrogen (secondary N) is 1. The van der Waals surface area contributed by atoms with Gasteiger partial charge < -0.3 is 24.6 Å². The number of amides is 1. The van der Waals surface area contributed by atoms with Gasteiger partial charge in [0, 0.05) is 39.8 Å². The molecule has 1 aromatic carbocycles. The molecule has 1 fully saturated rings. The first-order valence-electron chi connectivity index (χ1n) is 8.90. The number of carbonyl (C=O) groups excluding carboxylic acids is 1. The predicted octanol–water partition coefficient (Wildman–Crippen LogP) is 2.80. The number of ether oxygens (including phenoxy) is 2. The van der Waals surface area contributed by atoms with Crippen molar-refractivity contribution in [2.24, 2.45) is 4.99 Å². The smallest absolute Gasteiger partial charge is 0.409 e. The topological polar surface area (TPSA) is 66.4 Å². The van der Waals surface area contributed by atoms with Gasteiger partial charge in [-0.2, -0.15) is 0 Å². The number of halogens is 3. The number of benzene rings is 1. The van der Waals surface area contributed by atoms with Crippen LogP contribution in [-0.4, -0.2) is 74.7 Å². The Morgan fingerprint density at radius 3 is 2.54 bits per heavy atom. The maximum Gasteiger partial charge on any atom is 0.409 e. The van der Waals surface area contributed by atoms with Crippen molar-refractivity contribution in [2.45, 2.75) is 19.9 Å². The first kappa shape index (κ1) is 24.2. The first-order valence-corrected chi connectivity index (χ1v) is 8.90. The molecule has 0 bridgehead atoms. The molecule has 0 saturated carbocycles.